The van der Waals surface area contributed by atoms with Gasteiger partial charge in [-0.1, -0.05) is 24.6 Å². The molecule has 1 saturated heterocycles. The number of thioether (sulfide) groups is 1. The molecule has 3 rings (SSSR count). The summed E-state index contributed by atoms with van der Waals surface area (Å²) in [4.78, 5) is 4.65. The molecule has 0 radical (unpaired) electrons. The fourth-order valence-corrected chi connectivity index (χ4v) is 3.95. The summed E-state index contributed by atoms with van der Waals surface area (Å²) in [5.74, 6) is 2.19. The molecule has 1 spiro atoms. The number of aliphatic imine (C=N–C) groups is 1. The summed E-state index contributed by atoms with van der Waals surface area (Å²) in [6, 6.07) is 0. The van der Waals surface area contributed by atoms with E-state index < -0.39 is 0 Å². The van der Waals surface area contributed by atoms with E-state index in [1.54, 1.807) is 6.33 Å². The van der Waals surface area contributed by atoms with Gasteiger partial charge < -0.3 is 9.88 Å². The summed E-state index contributed by atoms with van der Waals surface area (Å²) in [5.41, 5.74) is 0.369. The van der Waals surface area contributed by atoms with Crippen LogP contribution in [0.3, 0.4) is 0 Å². The van der Waals surface area contributed by atoms with Gasteiger partial charge in [0, 0.05) is 31.3 Å². The maximum absolute atomic E-state index is 4.65. The first-order valence-corrected chi connectivity index (χ1v) is 7.54. The number of hydrogen-bond donors (Lipinski definition) is 1. The third-order valence-corrected chi connectivity index (χ3v) is 5.02. The normalized spacial score (nSPS) is 23.9. The van der Waals surface area contributed by atoms with Gasteiger partial charge in [0.1, 0.15) is 12.2 Å². The molecule has 0 unspecified atom stereocenters. The Morgan fingerprint density at radius 2 is 2.33 bits per heavy atom. The molecule has 0 atom stereocenters. The van der Waals surface area contributed by atoms with Crippen LogP contribution < -0.4 is 5.32 Å². The molecule has 98 valence electrons. The van der Waals surface area contributed by atoms with Gasteiger partial charge in [-0.2, -0.15) is 0 Å². The second kappa shape index (κ2) is 4.91. The van der Waals surface area contributed by atoms with E-state index in [0.717, 1.165) is 24.0 Å². The molecule has 1 N–H and O–H groups in total. The predicted molar refractivity (Wildman–Crippen MR) is 73.8 cm³/mol. The maximum atomic E-state index is 4.65. The Morgan fingerprint density at radius 1 is 1.50 bits per heavy atom. The zero-order valence-corrected chi connectivity index (χ0v) is 11.5. The first kappa shape index (κ1) is 12.0. The van der Waals surface area contributed by atoms with E-state index in [9.17, 15) is 0 Å². The number of nitrogens with one attached hydrogen (secondary N) is 1. The molecule has 2 aliphatic rings. The van der Waals surface area contributed by atoms with E-state index in [4.69, 9.17) is 0 Å². The van der Waals surface area contributed by atoms with Gasteiger partial charge in [0.25, 0.3) is 0 Å². The van der Waals surface area contributed by atoms with Crippen molar-refractivity contribution in [2.45, 2.75) is 37.6 Å². The summed E-state index contributed by atoms with van der Waals surface area (Å²) in [7, 11) is 1.97. The molecule has 18 heavy (non-hydrogen) atoms. The Morgan fingerprint density at radius 3 is 3.06 bits per heavy atom. The van der Waals surface area contributed by atoms with Crippen LogP contribution in [0.2, 0.25) is 0 Å². The van der Waals surface area contributed by atoms with E-state index in [2.05, 4.69) is 20.5 Å². The molecule has 0 bridgehead atoms. The van der Waals surface area contributed by atoms with Crippen molar-refractivity contribution in [2.24, 2.45) is 12.0 Å². The van der Waals surface area contributed by atoms with E-state index in [1.165, 1.54) is 31.4 Å². The van der Waals surface area contributed by atoms with E-state index >= 15 is 0 Å². The topological polar surface area (TPSA) is 55.1 Å². The molecule has 1 aliphatic carbocycles. The molecule has 5 nitrogen and oxygen atoms in total. The lowest BCUT2D eigenvalue weighted by Crippen LogP contribution is -2.40. The molecule has 1 saturated carbocycles. The van der Waals surface area contributed by atoms with Crippen LogP contribution in [0.25, 0.3) is 0 Å². The molecule has 2 heterocycles. The molecular weight excluding hydrogens is 246 g/mol. The van der Waals surface area contributed by atoms with Crippen molar-refractivity contribution < 1.29 is 0 Å². The number of amidine groups is 1. The van der Waals surface area contributed by atoms with Gasteiger partial charge >= 0.3 is 0 Å². The average Bonchev–Trinajstić information content (AvgIpc) is 3.06. The highest BCUT2D eigenvalue weighted by atomic mass is 32.2. The fourth-order valence-electron chi connectivity index (χ4n) is 2.70. The SMILES string of the molecule is Cn1cnnc1CCN=C1NC2(CCCC2)CS1. The molecule has 2 fully saturated rings. The van der Waals surface area contributed by atoms with Crippen LogP contribution in [-0.4, -0.2) is 37.8 Å². The van der Waals surface area contributed by atoms with Crippen molar-refractivity contribution in [3.05, 3.63) is 12.2 Å². The number of aryl methyl sites for hydroxylation is 1. The van der Waals surface area contributed by atoms with Crippen molar-refractivity contribution in [2.75, 3.05) is 12.3 Å². The van der Waals surface area contributed by atoms with Gasteiger partial charge in [0.15, 0.2) is 5.17 Å². The third-order valence-electron chi connectivity index (χ3n) is 3.81. The van der Waals surface area contributed by atoms with Crippen LogP contribution in [0.4, 0.5) is 0 Å². The largest absolute Gasteiger partial charge is 0.359 e. The van der Waals surface area contributed by atoms with Gasteiger partial charge in [-0.3, -0.25) is 4.99 Å². The van der Waals surface area contributed by atoms with Crippen LogP contribution in [-0.2, 0) is 13.5 Å². The second-order valence-corrected chi connectivity index (χ2v) is 6.16. The number of aromatic nitrogens is 3. The minimum absolute atomic E-state index is 0.369. The molecule has 0 amide bonds. The highest BCUT2D eigenvalue weighted by Gasteiger charge is 2.39. The first-order chi connectivity index (χ1) is 8.77. The Bertz CT molecular complexity index is 447. The van der Waals surface area contributed by atoms with Crippen LogP contribution in [0.15, 0.2) is 11.3 Å². The lowest BCUT2D eigenvalue weighted by molar-refractivity contribution is 0.452. The van der Waals surface area contributed by atoms with Gasteiger partial charge in [0.05, 0.1) is 0 Å². The Labute approximate surface area is 111 Å². The van der Waals surface area contributed by atoms with Crippen LogP contribution in [0, 0.1) is 0 Å². The smallest absolute Gasteiger partial charge is 0.157 e. The van der Waals surface area contributed by atoms with Crippen molar-refractivity contribution >= 4 is 16.9 Å². The zero-order valence-electron chi connectivity index (χ0n) is 10.7. The first-order valence-electron chi connectivity index (χ1n) is 6.56. The summed E-state index contributed by atoms with van der Waals surface area (Å²) < 4.78 is 1.95. The van der Waals surface area contributed by atoms with Crippen LogP contribution >= 0.6 is 11.8 Å². The summed E-state index contributed by atoms with van der Waals surface area (Å²) in [6.07, 6.45) is 7.93. The quantitative estimate of drug-likeness (QED) is 0.896. The average molecular weight is 265 g/mol. The van der Waals surface area contributed by atoms with E-state index in [-0.39, 0.29) is 0 Å². The van der Waals surface area contributed by atoms with Crippen molar-refractivity contribution in [1.82, 2.24) is 20.1 Å². The Kier molecular flexibility index (Phi) is 3.28. The Hall–Kier alpha value is -1.04. The van der Waals surface area contributed by atoms with Gasteiger partial charge in [-0.15, -0.1) is 10.2 Å². The highest BCUT2D eigenvalue weighted by molar-refractivity contribution is 8.14. The number of hydrogen-bond acceptors (Lipinski definition) is 4. The van der Waals surface area contributed by atoms with Gasteiger partial charge in [-0.25, -0.2) is 0 Å². The van der Waals surface area contributed by atoms with Crippen LogP contribution in [0.1, 0.15) is 31.5 Å². The standard InChI is InChI=1S/C12H19N5S/c1-17-9-14-16-10(17)4-7-13-11-15-12(8-18-11)5-2-3-6-12/h9H,2-8H2,1H3,(H,13,15). The van der Waals surface area contributed by atoms with Crippen LogP contribution in [0.5, 0.6) is 0 Å². The zero-order chi connectivity index (χ0) is 12.4. The summed E-state index contributed by atoms with van der Waals surface area (Å²) >= 11 is 1.88. The Balaban J connectivity index is 1.53. The van der Waals surface area contributed by atoms with Gasteiger partial charge in [-0.05, 0) is 12.8 Å². The molecule has 6 heteroatoms. The molecule has 0 aromatic carbocycles. The number of nitrogens with zero attached hydrogens (tertiary/aromatic N) is 4. The molecular formula is C12H19N5S. The highest BCUT2D eigenvalue weighted by Crippen LogP contribution is 2.37. The van der Waals surface area contributed by atoms with Gasteiger partial charge in [0.2, 0.25) is 0 Å². The molecule has 1 aromatic rings. The lowest BCUT2D eigenvalue weighted by Gasteiger charge is -2.21. The molecule has 1 aromatic heterocycles. The minimum Gasteiger partial charge on any atom is -0.359 e. The van der Waals surface area contributed by atoms with Crippen molar-refractivity contribution in [1.29, 1.82) is 0 Å². The molecule has 1 aliphatic heterocycles. The summed E-state index contributed by atoms with van der Waals surface area (Å²) in [5, 5.41) is 12.7. The maximum Gasteiger partial charge on any atom is 0.157 e. The van der Waals surface area contributed by atoms with E-state index in [0.29, 0.717) is 5.54 Å². The fraction of sp³-hybridized carbons (Fsp3) is 0.750. The second-order valence-electron chi connectivity index (χ2n) is 5.20. The monoisotopic (exact) mass is 265 g/mol. The van der Waals surface area contributed by atoms with E-state index in [1.807, 2.05) is 23.4 Å². The van der Waals surface area contributed by atoms with Crippen molar-refractivity contribution in [3.63, 3.8) is 0 Å². The summed E-state index contributed by atoms with van der Waals surface area (Å²) in [6.45, 7) is 0.790. The van der Waals surface area contributed by atoms with Crippen molar-refractivity contribution in [3.8, 4) is 0 Å². The third kappa shape index (κ3) is 2.39. The minimum atomic E-state index is 0.369. The lowest BCUT2D eigenvalue weighted by atomic mass is 10.0. The number of rotatable bonds is 3. The predicted octanol–water partition coefficient (Wildman–Crippen LogP) is 1.36.